The van der Waals surface area contributed by atoms with Crippen molar-refractivity contribution in [1.29, 1.82) is 0 Å². The summed E-state index contributed by atoms with van der Waals surface area (Å²) in [5, 5.41) is 0. The first-order valence-corrected chi connectivity index (χ1v) is 9.42. The molecule has 0 aromatic carbocycles. The molecule has 0 aliphatic carbocycles. The first-order valence-electron chi connectivity index (χ1n) is 8.33. The van der Waals surface area contributed by atoms with Crippen LogP contribution in [0.5, 0.6) is 0 Å². The molecule has 0 aromatic heterocycles. The van der Waals surface area contributed by atoms with Crippen LogP contribution in [0.2, 0.25) is 0 Å². The summed E-state index contributed by atoms with van der Waals surface area (Å²) in [6.45, 7) is 8.84. The van der Waals surface area contributed by atoms with E-state index in [1.807, 2.05) is 0 Å². The highest BCUT2D eigenvalue weighted by Gasteiger charge is 2.29. The van der Waals surface area contributed by atoms with Gasteiger partial charge in [0, 0.05) is 5.41 Å². The molecule has 0 spiro atoms. The lowest BCUT2D eigenvalue weighted by Crippen LogP contribution is -2.28. The minimum atomic E-state index is -1.06. The van der Waals surface area contributed by atoms with E-state index in [9.17, 15) is 0 Å². The maximum atomic E-state index is 5.66. The van der Waals surface area contributed by atoms with Gasteiger partial charge in [-0.15, -0.1) is 0 Å². The van der Waals surface area contributed by atoms with Gasteiger partial charge < -0.3 is 13.6 Å². The summed E-state index contributed by atoms with van der Waals surface area (Å²) in [6, 6.07) is 0. The van der Waals surface area contributed by atoms with Crippen molar-refractivity contribution in [3.8, 4) is 0 Å². The molecule has 0 aromatic rings. The van der Waals surface area contributed by atoms with E-state index in [1.165, 1.54) is 51.4 Å². The zero-order valence-corrected chi connectivity index (χ0v) is 14.6. The van der Waals surface area contributed by atoms with Crippen LogP contribution in [0.15, 0.2) is 0 Å². The zero-order chi connectivity index (χ0) is 14.7. The van der Waals surface area contributed by atoms with Crippen molar-refractivity contribution in [3.63, 3.8) is 0 Å². The highest BCUT2D eigenvalue weighted by atomic mass is 31.2. The first-order chi connectivity index (χ1) is 9.64. The predicted molar refractivity (Wildman–Crippen MR) is 85.8 cm³/mol. The highest BCUT2D eigenvalue weighted by Crippen LogP contribution is 2.46. The lowest BCUT2D eigenvalue weighted by Gasteiger charge is -2.32. The molecule has 3 nitrogen and oxygen atoms in total. The highest BCUT2D eigenvalue weighted by molar-refractivity contribution is 7.41. The second-order valence-electron chi connectivity index (χ2n) is 6.60. The van der Waals surface area contributed by atoms with Gasteiger partial charge >= 0.3 is 8.60 Å². The summed E-state index contributed by atoms with van der Waals surface area (Å²) in [5.74, 6) is 0. The molecule has 1 aliphatic rings. The summed E-state index contributed by atoms with van der Waals surface area (Å²) in [7, 11) is -1.06. The second kappa shape index (κ2) is 11.0. The van der Waals surface area contributed by atoms with Gasteiger partial charge in [0.1, 0.15) is 0 Å². The fourth-order valence-electron chi connectivity index (χ4n) is 2.16. The van der Waals surface area contributed by atoms with Crippen molar-refractivity contribution < 1.29 is 13.6 Å². The molecule has 1 heterocycles. The van der Waals surface area contributed by atoms with Crippen molar-refractivity contribution >= 4 is 8.60 Å². The molecule has 1 fully saturated rings. The minimum absolute atomic E-state index is 0.139. The van der Waals surface area contributed by atoms with Crippen molar-refractivity contribution in [1.82, 2.24) is 0 Å². The third-order valence-corrected chi connectivity index (χ3v) is 4.64. The molecule has 1 rings (SSSR count). The fraction of sp³-hybridized carbons (Fsp3) is 1.00. The van der Waals surface area contributed by atoms with Crippen molar-refractivity contribution in [2.45, 2.75) is 78.6 Å². The Morgan fingerprint density at radius 3 is 1.90 bits per heavy atom. The second-order valence-corrected chi connectivity index (χ2v) is 7.82. The molecule has 20 heavy (non-hydrogen) atoms. The van der Waals surface area contributed by atoms with E-state index >= 15 is 0 Å². The number of rotatable bonds is 11. The molecule has 1 saturated heterocycles. The van der Waals surface area contributed by atoms with Crippen molar-refractivity contribution in [3.05, 3.63) is 0 Å². The molecule has 1 aliphatic heterocycles. The average Bonchev–Trinajstić information content (AvgIpc) is 2.42. The molecular formula is C16H33O3P. The monoisotopic (exact) mass is 304 g/mol. The molecule has 0 unspecified atom stereocenters. The van der Waals surface area contributed by atoms with E-state index < -0.39 is 8.60 Å². The van der Waals surface area contributed by atoms with E-state index in [-0.39, 0.29) is 5.41 Å². The lowest BCUT2D eigenvalue weighted by atomic mass is 9.97. The Kier molecular flexibility index (Phi) is 10.1. The van der Waals surface area contributed by atoms with Gasteiger partial charge in [-0.1, -0.05) is 72.1 Å². The van der Waals surface area contributed by atoms with Gasteiger partial charge in [-0.3, -0.25) is 0 Å². The van der Waals surface area contributed by atoms with Gasteiger partial charge in [0.2, 0.25) is 0 Å². The standard InChI is InChI=1S/C16H33O3P/c1-4-5-6-7-8-9-10-11-12-13-17-20-18-14-16(2,3)15-19-20/h4-15H2,1-3H3. The summed E-state index contributed by atoms with van der Waals surface area (Å²) in [4.78, 5) is 0. The van der Waals surface area contributed by atoms with E-state index in [4.69, 9.17) is 13.6 Å². The van der Waals surface area contributed by atoms with Gasteiger partial charge in [-0.2, -0.15) is 0 Å². The van der Waals surface area contributed by atoms with E-state index in [2.05, 4.69) is 20.8 Å². The molecule has 0 saturated carbocycles. The Hall–Kier alpha value is 0.310. The summed E-state index contributed by atoms with van der Waals surface area (Å²) in [6.07, 6.45) is 12.1. The van der Waals surface area contributed by atoms with Crippen LogP contribution in [-0.2, 0) is 13.6 Å². The largest absolute Gasteiger partial charge is 0.332 e. The van der Waals surface area contributed by atoms with Gasteiger partial charge in [0.15, 0.2) is 0 Å². The van der Waals surface area contributed by atoms with Crippen LogP contribution in [0, 0.1) is 5.41 Å². The maximum absolute atomic E-state index is 5.66. The van der Waals surface area contributed by atoms with Gasteiger partial charge in [-0.25, -0.2) is 0 Å². The van der Waals surface area contributed by atoms with Crippen LogP contribution in [0.25, 0.3) is 0 Å². The van der Waals surface area contributed by atoms with Gasteiger partial charge in [-0.05, 0) is 6.42 Å². The molecule has 0 amide bonds. The van der Waals surface area contributed by atoms with Crippen LogP contribution in [0.4, 0.5) is 0 Å². The van der Waals surface area contributed by atoms with Crippen LogP contribution >= 0.6 is 8.60 Å². The Bertz CT molecular complexity index is 224. The third kappa shape index (κ3) is 9.28. The summed E-state index contributed by atoms with van der Waals surface area (Å²) in [5.41, 5.74) is 0.139. The lowest BCUT2D eigenvalue weighted by molar-refractivity contribution is 0.0275. The Balaban J connectivity index is 1.81. The SMILES string of the molecule is CCCCCCCCCCCOP1OCC(C)(C)CO1. The molecule has 0 N–H and O–H groups in total. The zero-order valence-electron chi connectivity index (χ0n) is 13.7. The molecule has 0 radical (unpaired) electrons. The molecule has 120 valence electrons. The fourth-order valence-corrected chi connectivity index (χ4v) is 3.57. The first kappa shape index (κ1) is 18.4. The average molecular weight is 304 g/mol. The topological polar surface area (TPSA) is 27.7 Å². The Morgan fingerprint density at radius 1 is 0.850 bits per heavy atom. The summed E-state index contributed by atoms with van der Waals surface area (Å²) < 4.78 is 16.8. The molecule has 4 heteroatoms. The smallest absolute Gasteiger partial charge is 0.312 e. The summed E-state index contributed by atoms with van der Waals surface area (Å²) >= 11 is 0. The van der Waals surface area contributed by atoms with Crippen LogP contribution in [0.1, 0.15) is 78.6 Å². The third-order valence-electron chi connectivity index (χ3n) is 3.57. The van der Waals surface area contributed by atoms with E-state index in [0.717, 1.165) is 26.2 Å². The van der Waals surface area contributed by atoms with Crippen LogP contribution in [-0.4, -0.2) is 19.8 Å². The minimum Gasteiger partial charge on any atom is -0.312 e. The maximum Gasteiger partial charge on any atom is 0.332 e. The van der Waals surface area contributed by atoms with Gasteiger partial charge in [0.05, 0.1) is 19.8 Å². The van der Waals surface area contributed by atoms with Crippen LogP contribution < -0.4 is 0 Å². The number of hydrogen-bond donors (Lipinski definition) is 0. The number of unbranched alkanes of at least 4 members (excludes halogenated alkanes) is 8. The molecular weight excluding hydrogens is 271 g/mol. The Morgan fingerprint density at radius 2 is 1.35 bits per heavy atom. The van der Waals surface area contributed by atoms with Crippen molar-refractivity contribution in [2.75, 3.05) is 19.8 Å². The Labute approximate surface area is 126 Å². The van der Waals surface area contributed by atoms with Crippen molar-refractivity contribution in [2.24, 2.45) is 5.41 Å². The molecule has 0 bridgehead atoms. The molecule has 0 atom stereocenters. The van der Waals surface area contributed by atoms with E-state index in [1.54, 1.807) is 0 Å². The van der Waals surface area contributed by atoms with Crippen LogP contribution in [0.3, 0.4) is 0 Å². The van der Waals surface area contributed by atoms with E-state index in [0.29, 0.717) is 0 Å². The van der Waals surface area contributed by atoms with Gasteiger partial charge in [0.25, 0.3) is 0 Å². The predicted octanol–water partition coefficient (Wildman–Crippen LogP) is 5.83. The normalized spacial score (nSPS) is 19.4. The number of hydrogen-bond acceptors (Lipinski definition) is 3. The quantitative estimate of drug-likeness (QED) is 0.355.